The Balaban J connectivity index is 1.60. The number of carbonyl (C=O) groups is 2. The molecule has 4 heteroatoms. The molecule has 1 unspecified atom stereocenters. The normalized spacial score (nSPS) is 11.7. The van der Waals surface area contributed by atoms with Gasteiger partial charge in [0.25, 0.3) is 0 Å². The smallest absolute Gasteiger partial charge is 0.242 e. The molecule has 0 radical (unpaired) electrons. The lowest BCUT2D eigenvalue weighted by molar-refractivity contribution is -0.128. The molecule has 4 nitrogen and oxygen atoms in total. The molecule has 0 heterocycles. The highest BCUT2D eigenvalue weighted by Crippen LogP contribution is 2.27. The van der Waals surface area contributed by atoms with Crippen LogP contribution in [0.15, 0.2) is 91.0 Å². The van der Waals surface area contributed by atoms with Crippen molar-refractivity contribution in [1.82, 2.24) is 10.6 Å². The van der Waals surface area contributed by atoms with E-state index in [0.29, 0.717) is 6.54 Å². The molecule has 0 aromatic heterocycles. The quantitative estimate of drug-likeness (QED) is 0.614. The zero-order chi connectivity index (χ0) is 20.5. The fourth-order valence-corrected chi connectivity index (χ4v) is 3.29. The Hall–Kier alpha value is -3.40. The molecule has 1 atom stereocenters. The van der Waals surface area contributed by atoms with E-state index in [9.17, 15) is 9.59 Å². The average molecular weight is 386 g/mol. The topological polar surface area (TPSA) is 58.2 Å². The van der Waals surface area contributed by atoms with E-state index in [4.69, 9.17) is 0 Å². The Labute approximate surface area is 172 Å². The van der Waals surface area contributed by atoms with Gasteiger partial charge in [0.15, 0.2) is 0 Å². The maximum absolute atomic E-state index is 12.7. The number of nitrogens with one attached hydrogen (secondary N) is 2. The van der Waals surface area contributed by atoms with Crippen LogP contribution in [0.5, 0.6) is 0 Å². The van der Waals surface area contributed by atoms with E-state index < -0.39 is 6.04 Å². The van der Waals surface area contributed by atoms with Gasteiger partial charge in [-0.1, -0.05) is 91.0 Å². The molecule has 0 aliphatic rings. The SMILES string of the molecule is CC(NC(=O)CC(c1ccccc1)c1ccccc1)C(=O)NCc1ccccc1. The number of rotatable bonds is 8. The summed E-state index contributed by atoms with van der Waals surface area (Å²) in [7, 11) is 0. The van der Waals surface area contributed by atoms with Crippen molar-refractivity contribution in [2.75, 3.05) is 0 Å². The second-order valence-corrected chi connectivity index (χ2v) is 7.07. The number of carbonyl (C=O) groups excluding carboxylic acids is 2. The van der Waals surface area contributed by atoms with Crippen molar-refractivity contribution in [2.45, 2.75) is 31.8 Å². The van der Waals surface area contributed by atoms with Crippen molar-refractivity contribution in [3.63, 3.8) is 0 Å². The highest BCUT2D eigenvalue weighted by Gasteiger charge is 2.21. The highest BCUT2D eigenvalue weighted by molar-refractivity contribution is 5.87. The number of amides is 2. The van der Waals surface area contributed by atoms with E-state index in [1.54, 1.807) is 6.92 Å². The molecule has 2 amide bonds. The largest absolute Gasteiger partial charge is 0.350 e. The summed E-state index contributed by atoms with van der Waals surface area (Å²) in [6, 6.07) is 29.0. The molecule has 3 aromatic rings. The van der Waals surface area contributed by atoms with Gasteiger partial charge in [-0.15, -0.1) is 0 Å². The molecule has 0 fully saturated rings. The lowest BCUT2D eigenvalue weighted by Crippen LogP contribution is -2.44. The predicted octanol–water partition coefficient (Wildman–Crippen LogP) is 4.03. The minimum absolute atomic E-state index is 0.0584. The third kappa shape index (κ3) is 6.04. The number of hydrogen-bond donors (Lipinski definition) is 2. The summed E-state index contributed by atoms with van der Waals surface area (Å²) in [5, 5.41) is 5.70. The van der Waals surface area contributed by atoms with E-state index in [0.717, 1.165) is 16.7 Å². The molecule has 29 heavy (non-hydrogen) atoms. The van der Waals surface area contributed by atoms with Gasteiger partial charge in [-0.25, -0.2) is 0 Å². The van der Waals surface area contributed by atoms with Crippen LogP contribution in [0, 0.1) is 0 Å². The lowest BCUT2D eigenvalue weighted by Gasteiger charge is -2.20. The summed E-state index contributed by atoms with van der Waals surface area (Å²) in [6.07, 6.45) is 0.282. The summed E-state index contributed by atoms with van der Waals surface area (Å²) in [4.78, 5) is 25.0. The molecule has 0 aliphatic carbocycles. The van der Waals surface area contributed by atoms with Crippen molar-refractivity contribution >= 4 is 11.8 Å². The first-order valence-corrected chi connectivity index (χ1v) is 9.84. The van der Waals surface area contributed by atoms with Gasteiger partial charge in [-0.2, -0.15) is 0 Å². The second-order valence-electron chi connectivity index (χ2n) is 7.07. The Morgan fingerprint density at radius 2 is 1.24 bits per heavy atom. The lowest BCUT2D eigenvalue weighted by atomic mass is 9.88. The minimum atomic E-state index is -0.599. The first-order chi connectivity index (χ1) is 14.1. The third-order valence-electron chi connectivity index (χ3n) is 4.87. The van der Waals surface area contributed by atoms with Crippen LogP contribution >= 0.6 is 0 Å². The first kappa shape index (κ1) is 20.3. The summed E-state index contributed by atoms with van der Waals surface area (Å²) in [5.74, 6) is -0.403. The molecular formula is C25H26N2O2. The zero-order valence-electron chi connectivity index (χ0n) is 16.5. The molecule has 0 spiro atoms. The number of benzene rings is 3. The standard InChI is InChI=1S/C25H26N2O2/c1-19(25(29)26-18-20-11-5-2-6-12-20)27-24(28)17-23(21-13-7-3-8-14-21)22-15-9-4-10-16-22/h2-16,19,23H,17-18H2,1H3,(H,26,29)(H,27,28). The Kier molecular flexibility index (Phi) is 7.17. The molecule has 0 saturated heterocycles. The Bertz CT molecular complexity index is 872. The van der Waals surface area contributed by atoms with E-state index in [-0.39, 0.29) is 24.2 Å². The van der Waals surface area contributed by atoms with E-state index >= 15 is 0 Å². The molecule has 2 N–H and O–H groups in total. The van der Waals surface area contributed by atoms with Crippen LogP contribution < -0.4 is 10.6 Å². The predicted molar refractivity (Wildman–Crippen MR) is 115 cm³/mol. The van der Waals surface area contributed by atoms with Crippen LogP contribution in [0.4, 0.5) is 0 Å². The van der Waals surface area contributed by atoms with Gasteiger partial charge in [-0.05, 0) is 23.6 Å². The molecule has 0 aliphatic heterocycles. The van der Waals surface area contributed by atoms with Gasteiger partial charge in [0.2, 0.25) is 11.8 Å². The average Bonchev–Trinajstić information content (AvgIpc) is 2.77. The first-order valence-electron chi connectivity index (χ1n) is 9.84. The summed E-state index contributed by atoms with van der Waals surface area (Å²) >= 11 is 0. The van der Waals surface area contributed by atoms with E-state index in [1.165, 1.54) is 0 Å². The summed E-state index contributed by atoms with van der Waals surface area (Å²) in [5.41, 5.74) is 3.18. The molecule has 3 rings (SSSR count). The van der Waals surface area contributed by atoms with Gasteiger partial charge in [0.05, 0.1) is 0 Å². The van der Waals surface area contributed by atoms with Gasteiger partial charge in [0, 0.05) is 18.9 Å². The van der Waals surface area contributed by atoms with E-state index in [1.807, 2.05) is 91.0 Å². The van der Waals surface area contributed by atoms with Crippen LogP contribution in [0.2, 0.25) is 0 Å². The zero-order valence-corrected chi connectivity index (χ0v) is 16.5. The summed E-state index contributed by atoms with van der Waals surface area (Å²) in [6.45, 7) is 2.15. The second kappa shape index (κ2) is 10.2. The maximum atomic E-state index is 12.7. The van der Waals surface area contributed by atoms with Gasteiger partial charge in [-0.3, -0.25) is 9.59 Å². The van der Waals surface area contributed by atoms with Crippen LogP contribution in [0.3, 0.4) is 0 Å². The van der Waals surface area contributed by atoms with E-state index in [2.05, 4.69) is 10.6 Å². The minimum Gasteiger partial charge on any atom is -0.350 e. The van der Waals surface area contributed by atoms with Crippen LogP contribution in [0.1, 0.15) is 36.0 Å². The van der Waals surface area contributed by atoms with Crippen molar-refractivity contribution in [2.24, 2.45) is 0 Å². The summed E-state index contributed by atoms with van der Waals surface area (Å²) < 4.78 is 0. The van der Waals surface area contributed by atoms with Crippen LogP contribution in [-0.4, -0.2) is 17.9 Å². The third-order valence-corrected chi connectivity index (χ3v) is 4.87. The van der Waals surface area contributed by atoms with Crippen molar-refractivity contribution < 1.29 is 9.59 Å². The van der Waals surface area contributed by atoms with Crippen LogP contribution in [-0.2, 0) is 16.1 Å². The van der Waals surface area contributed by atoms with Gasteiger partial charge >= 0.3 is 0 Å². The Morgan fingerprint density at radius 3 is 1.76 bits per heavy atom. The van der Waals surface area contributed by atoms with Crippen molar-refractivity contribution in [3.05, 3.63) is 108 Å². The maximum Gasteiger partial charge on any atom is 0.242 e. The number of hydrogen-bond acceptors (Lipinski definition) is 2. The monoisotopic (exact) mass is 386 g/mol. The van der Waals surface area contributed by atoms with Crippen molar-refractivity contribution in [1.29, 1.82) is 0 Å². The molecule has 148 valence electrons. The van der Waals surface area contributed by atoms with Gasteiger partial charge < -0.3 is 10.6 Å². The fraction of sp³-hybridized carbons (Fsp3) is 0.200. The molecule has 3 aromatic carbocycles. The highest BCUT2D eigenvalue weighted by atomic mass is 16.2. The molecule has 0 bridgehead atoms. The molecular weight excluding hydrogens is 360 g/mol. The fourth-order valence-electron chi connectivity index (χ4n) is 3.29. The van der Waals surface area contributed by atoms with Crippen LogP contribution in [0.25, 0.3) is 0 Å². The molecule has 0 saturated carbocycles. The van der Waals surface area contributed by atoms with Crippen molar-refractivity contribution in [3.8, 4) is 0 Å². The Morgan fingerprint density at radius 1 is 0.759 bits per heavy atom. The van der Waals surface area contributed by atoms with Gasteiger partial charge in [0.1, 0.15) is 6.04 Å².